The van der Waals surface area contributed by atoms with Crippen LogP contribution in [0, 0.1) is 19.8 Å². The van der Waals surface area contributed by atoms with Gasteiger partial charge in [-0.05, 0) is 76.5 Å². The minimum absolute atomic E-state index is 0.160. The van der Waals surface area contributed by atoms with E-state index in [1.54, 1.807) is 0 Å². The van der Waals surface area contributed by atoms with Gasteiger partial charge in [0.2, 0.25) is 6.41 Å². The molecule has 0 spiro atoms. The van der Waals surface area contributed by atoms with Crippen LogP contribution in [0.15, 0.2) is 48.5 Å². The van der Waals surface area contributed by atoms with Crippen LogP contribution in [0.25, 0.3) is 0 Å². The molecule has 0 saturated heterocycles. The van der Waals surface area contributed by atoms with Gasteiger partial charge in [-0.1, -0.05) is 62.4 Å². The summed E-state index contributed by atoms with van der Waals surface area (Å²) in [5.41, 5.74) is 2.33. The van der Waals surface area contributed by atoms with E-state index >= 15 is 0 Å². The summed E-state index contributed by atoms with van der Waals surface area (Å²) in [7, 11) is 0. The molecule has 37 heavy (non-hydrogen) atoms. The number of amides is 2. The van der Waals surface area contributed by atoms with Crippen LogP contribution in [0.3, 0.4) is 0 Å². The topological polar surface area (TPSA) is 88.1 Å². The third kappa shape index (κ3) is 10.5. The lowest BCUT2D eigenvalue weighted by Crippen LogP contribution is -2.50. The predicted molar refractivity (Wildman–Crippen MR) is 146 cm³/mol. The van der Waals surface area contributed by atoms with E-state index in [4.69, 9.17) is 9.57 Å². The second-order valence-corrected chi connectivity index (χ2v) is 11.1. The number of aliphatic hydroxyl groups is 1. The van der Waals surface area contributed by atoms with Crippen LogP contribution in [-0.2, 0) is 20.8 Å². The van der Waals surface area contributed by atoms with Crippen molar-refractivity contribution in [2.75, 3.05) is 6.61 Å². The lowest BCUT2D eigenvalue weighted by atomic mass is 9.92. The highest BCUT2D eigenvalue weighted by atomic mass is 16.7. The van der Waals surface area contributed by atoms with Gasteiger partial charge in [0.25, 0.3) is 5.91 Å². The van der Waals surface area contributed by atoms with Gasteiger partial charge < -0.3 is 15.2 Å². The maximum Gasteiger partial charge on any atom is 0.258 e. The molecular formula is C30H44N2O5. The SMILES string of the molecule is Cc1cccc(C)c1OCC(=O)N[C@@H](Cc1ccccc1)[C@@H](O)C[C@H](CC(C)C)N(C=O)OC(C)(C)C. The smallest absolute Gasteiger partial charge is 0.258 e. The minimum atomic E-state index is -0.917. The van der Waals surface area contributed by atoms with Crippen LogP contribution in [-0.4, -0.2) is 52.9 Å². The number of nitrogens with zero attached hydrogens (tertiary/aromatic N) is 1. The average molecular weight is 513 g/mol. The molecule has 0 radical (unpaired) electrons. The van der Waals surface area contributed by atoms with Crippen molar-refractivity contribution in [2.24, 2.45) is 5.92 Å². The summed E-state index contributed by atoms with van der Waals surface area (Å²) in [6.45, 7) is 13.5. The first-order chi connectivity index (χ1) is 17.4. The summed E-state index contributed by atoms with van der Waals surface area (Å²) in [5, 5.41) is 15.7. The molecular weight excluding hydrogens is 468 g/mol. The molecule has 204 valence electrons. The van der Waals surface area contributed by atoms with E-state index in [1.807, 2.05) is 83.1 Å². The third-order valence-electron chi connectivity index (χ3n) is 5.97. The summed E-state index contributed by atoms with van der Waals surface area (Å²) >= 11 is 0. The molecule has 0 aliphatic carbocycles. The van der Waals surface area contributed by atoms with E-state index in [1.165, 1.54) is 5.06 Å². The van der Waals surface area contributed by atoms with E-state index in [9.17, 15) is 14.7 Å². The third-order valence-corrected chi connectivity index (χ3v) is 5.97. The predicted octanol–water partition coefficient (Wildman–Crippen LogP) is 4.76. The van der Waals surface area contributed by atoms with Gasteiger partial charge in [0, 0.05) is 0 Å². The number of hydrogen-bond donors (Lipinski definition) is 2. The first-order valence-corrected chi connectivity index (χ1v) is 13.0. The van der Waals surface area contributed by atoms with E-state index in [0.29, 0.717) is 25.0 Å². The molecule has 0 fully saturated rings. The Labute approximate surface area is 222 Å². The van der Waals surface area contributed by atoms with Crippen LogP contribution in [0.4, 0.5) is 0 Å². The van der Waals surface area contributed by atoms with E-state index in [-0.39, 0.29) is 30.9 Å². The zero-order valence-corrected chi connectivity index (χ0v) is 23.4. The highest BCUT2D eigenvalue weighted by molar-refractivity contribution is 5.78. The Balaban J connectivity index is 2.19. The number of para-hydroxylation sites is 1. The summed E-state index contributed by atoms with van der Waals surface area (Å²) in [5.74, 6) is 0.646. The molecule has 0 aromatic heterocycles. The maximum atomic E-state index is 12.9. The van der Waals surface area contributed by atoms with Gasteiger partial charge >= 0.3 is 0 Å². The number of ether oxygens (including phenoxy) is 1. The quantitative estimate of drug-likeness (QED) is 0.281. The van der Waals surface area contributed by atoms with Crippen LogP contribution in [0.5, 0.6) is 5.75 Å². The molecule has 2 amide bonds. The van der Waals surface area contributed by atoms with Crippen molar-refractivity contribution in [3.05, 3.63) is 65.2 Å². The number of hydroxylamine groups is 2. The van der Waals surface area contributed by atoms with Gasteiger partial charge in [0.15, 0.2) is 6.61 Å². The average Bonchev–Trinajstić information content (AvgIpc) is 2.81. The molecule has 0 aliphatic rings. The fourth-order valence-electron chi connectivity index (χ4n) is 4.35. The number of carbonyl (C=O) groups excluding carboxylic acids is 2. The Morgan fingerprint density at radius 1 is 1.03 bits per heavy atom. The Kier molecular flexibility index (Phi) is 11.6. The molecule has 0 unspecified atom stereocenters. The van der Waals surface area contributed by atoms with Gasteiger partial charge in [-0.15, -0.1) is 0 Å². The summed E-state index contributed by atoms with van der Waals surface area (Å²) in [6.07, 6.45) is 1.09. The lowest BCUT2D eigenvalue weighted by molar-refractivity contribution is -0.237. The molecule has 2 aromatic carbocycles. The Bertz CT molecular complexity index is 967. The van der Waals surface area contributed by atoms with Crippen molar-refractivity contribution in [2.45, 2.75) is 91.5 Å². The Hall–Kier alpha value is -2.90. The zero-order valence-electron chi connectivity index (χ0n) is 23.4. The maximum absolute atomic E-state index is 12.9. The molecule has 3 atom stereocenters. The van der Waals surface area contributed by atoms with Crippen LogP contribution in [0.1, 0.15) is 64.2 Å². The fourth-order valence-corrected chi connectivity index (χ4v) is 4.35. The molecule has 0 heterocycles. The number of nitrogens with one attached hydrogen (secondary N) is 1. The summed E-state index contributed by atoms with van der Waals surface area (Å²) in [6, 6.07) is 14.6. The van der Waals surface area contributed by atoms with Gasteiger partial charge in [-0.2, -0.15) is 0 Å². The molecule has 2 N–H and O–H groups in total. The fraction of sp³-hybridized carbons (Fsp3) is 0.533. The van der Waals surface area contributed by atoms with Crippen LogP contribution >= 0.6 is 0 Å². The highest BCUT2D eigenvalue weighted by Gasteiger charge is 2.30. The standard InChI is InChI=1S/C30H44N2O5/c1-21(2)16-25(32(20-33)37-30(5,6)7)18-27(34)26(17-24-14-9-8-10-15-24)31-28(35)19-36-29-22(3)12-11-13-23(29)4/h8-15,20-21,25-27,34H,16-19H2,1-7H3,(H,31,35)/t25-,26-,27-/m0/s1. The monoisotopic (exact) mass is 512 g/mol. The van der Waals surface area contributed by atoms with E-state index < -0.39 is 17.7 Å². The highest BCUT2D eigenvalue weighted by Crippen LogP contribution is 2.23. The normalized spacial score (nSPS) is 14.1. The number of aryl methyl sites for hydroxylation is 2. The summed E-state index contributed by atoms with van der Waals surface area (Å²) < 4.78 is 5.84. The van der Waals surface area contributed by atoms with Crippen molar-refractivity contribution in [1.82, 2.24) is 10.4 Å². The van der Waals surface area contributed by atoms with E-state index in [0.717, 1.165) is 16.7 Å². The largest absolute Gasteiger partial charge is 0.483 e. The number of hydrogen-bond acceptors (Lipinski definition) is 5. The molecule has 2 rings (SSSR count). The van der Waals surface area contributed by atoms with Gasteiger partial charge in [-0.25, -0.2) is 5.06 Å². The Morgan fingerprint density at radius 3 is 2.19 bits per heavy atom. The van der Waals surface area contributed by atoms with Crippen molar-refractivity contribution in [3.63, 3.8) is 0 Å². The number of carbonyl (C=O) groups is 2. The molecule has 0 bridgehead atoms. The second kappa shape index (κ2) is 14.1. The molecule has 2 aromatic rings. The van der Waals surface area contributed by atoms with Crippen LogP contribution < -0.4 is 10.1 Å². The van der Waals surface area contributed by atoms with Crippen molar-refractivity contribution < 1.29 is 24.3 Å². The molecule has 0 saturated carbocycles. The number of rotatable bonds is 14. The Morgan fingerprint density at radius 2 is 1.65 bits per heavy atom. The van der Waals surface area contributed by atoms with Gasteiger partial charge in [0.1, 0.15) is 5.75 Å². The lowest BCUT2D eigenvalue weighted by Gasteiger charge is -2.36. The first kappa shape index (κ1) is 30.3. The van der Waals surface area contributed by atoms with Crippen LogP contribution in [0.2, 0.25) is 0 Å². The second-order valence-electron chi connectivity index (χ2n) is 11.1. The van der Waals surface area contributed by atoms with Crippen molar-refractivity contribution in [3.8, 4) is 5.75 Å². The minimum Gasteiger partial charge on any atom is -0.483 e. The van der Waals surface area contributed by atoms with Crippen molar-refractivity contribution in [1.29, 1.82) is 0 Å². The number of aliphatic hydroxyl groups excluding tert-OH is 1. The van der Waals surface area contributed by atoms with Gasteiger partial charge in [0.05, 0.1) is 23.8 Å². The first-order valence-electron chi connectivity index (χ1n) is 13.0. The van der Waals surface area contributed by atoms with E-state index in [2.05, 4.69) is 19.2 Å². The number of benzene rings is 2. The molecule has 7 heteroatoms. The zero-order chi connectivity index (χ0) is 27.6. The van der Waals surface area contributed by atoms with Gasteiger partial charge in [-0.3, -0.25) is 14.4 Å². The molecule has 7 nitrogen and oxygen atoms in total. The molecule has 0 aliphatic heterocycles. The van der Waals surface area contributed by atoms with Crippen molar-refractivity contribution >= 4 is 12.3 Å². The summed E-state index contributed by atoms with van der Waals surface area (Å²) in [4.78, 5) is 30.8.